The van der Waals surface area contributed by atoms with Crippen LogP contribution in [0.25, 0.3) is 6.08 Å². The number of amides is 7. The van der Waals surface area contributed by atoms with Crippen molar-refractivity contribution in [1.82, 2.24) is 51.7 Å². The molecule has 9 N–H and O–H groups in total. The van der Waals surface area contributed by atoms with Crippen molar-refractivity contribution in [3.63, 3.8) is 0 Å². The van der Waals surface area contributed by atoms with Crippen LogP contribution in [0.15, 0.2) is 21.9 Å². The van der Waals surface area contributed by atoms with E-state index in [1.807, 2.05) is 28.4 Å². The van der Waals surface area contributed by atoms with Gasteiger partial charge in [0.05, 0.1) is 41.9 Å². The number of hydrogen-bond donors (Lipinski definition) is 9. The number of phosphoric ester groups is 1. The minimum Gasteiger partial charge on any atom is -0.355 e. The molecule has 25 heteroatoms. The topological polar surface area (TPSA) is 293 Å². The number of nitrogens with one attached hydrogen (secondary N) is 8. The Balaban J connectivity index is 0.942. The zero-order valence-corrected chi connectivity index (χ0v) is 39.3. The fraction of sp³-hybridized carbons (Fsp3) is 0.725. The van der Waals surface area contributed by atoms with Gasteiger partial charge in [0.1, 0.15) is 6.23 Å². The van der Waals surface area contributed by atoms with Crippen LogP contribution in [0, 0.1) is 0 Å². The molecule has 22 nitrogen and oxygen atoms in total. The Kier molecular flexibility index (Phi) is 18.8. The minimum absolute atomic E-state index is 0.00468. The van der Waals surface area contributed by atoms with Gasteiger partial charge in [-0.1, -0.05) is 19.8 Å². The quantitative estimate of drug-likeness (QED) is 0.0264. The van der Waals surface area contributed by atoms with Gasteiger partial charge < -0.3 is 46.8 Å². The Morgan fingerprint density at radius 1 is 0.877 bits per heavy atom. The summed E-state index contributed by atoms with van der Waals surface area (Å²) in [5.74, 6) is 1.14. The van der Waals surface area contributed by atoms with Crippen molar-refractivity contribution in [2.75, 3.05) is 57.9 Å². The first-order valence-corrected chi connectivity index (χ1v) is 26.0. The number of hydrogen-bond acceptors (Lipinski definition) is 14. The number of aromatic nitrogens is 2. The second-order valence-corrected chi connectivity index (χ2v) is 20.8. The molecule has 362 valence electrons. The van der Waals surface area contributed by atoms with E-state index >= 15 is 0 Å². The fourth-order valence-electron chi connectivity index (χ4n) is 8.72. The van der Waals surface area contributed by atoms with E-state index in [1.54, 1.807) is 6.92 Å². The first kappa shape index (κ1) is 50.5. The molecule has 7 amide bonds. The van der Waals surface area contributed by atoms with E-state index in [1.165, 1.54) is 12.3 Å². The minimum atomic E-state index is -4.34. The number of fused-ring (bicyclic) bond motifs is 2. The summed E-state index contributed by atoms with van der Waals surface area (Å²) in [5.41, 5.74) is -1.50. The fourth-order valence-corrected chi connectivity index (χ4v) is 12.5. The Morgan fingerprint density at radius 2 is 1.43 bits per heavy atom. The Hall–Kier alpha value is -3.90. The van der Waals surface area contributed by atoms with Gasteiger partial charge in [-0.25, -0.2) is 18.9 Å². The number of phosphoric acid groups is 1. The Morgan fingerprint density at radius 3 is 1.97 bits per heavy atom. The summed E-state index contributed by atoms with van der Waals surface area (Å²) in [4.78, 5) is 101. The third-order valence-electron chi connectivity index (χ3n) is 12.2. The molecule has 0 bridgehead atoms. The van der Waals surface area contributed by atoms with Crippen LogP contribution in [0.1, 0.15) is 82.9 Å². The highest BCUT2D eigenvalue weighted by atomic mass is 32.2. The number of rotatable bonds is 26. The van der Waals surface area contributed by atoms with Gasteiger partial charge in [0, 0.05) is 99.9 Å². The molecular weight excluding hydrogens is 908 g/mol. The van der Waals surface area contributed by atoms with Gasteiger partial charge in [-0.3, -0.25) is 42.7 Å². The Bertz CT molecular complexity index is 1980. The molecule has 0 spiro atoms. The predicted octanol–water partition coefficient (Wildman–Crippen LogP) is 0.482. The van der Waals surface area contributed by atoms with Gasteiger partial charge in [-0.15, -0.1) is 0 Å². The highest BCUT2D eigenvalue weighted by Crippen LogP contribution is 2.47. The molecule has 5 aliphatic heterocycles. The van der Waals surface area contributed by atoms with Crippen LogP contribution >= 0.6 is 31.3 Å². The zero-order valence-electron chi connectivity index (χ0n) is 36.8. The van der Waals surface area contributed by atoms with Gasteiger partial charge in [-0.2, -0.15) is 23.5 Å². The molecule has 1 aromatic heterocycles. The highest BCUT2D eigenvalue weighted by Gasteiger charge is 2.44. The number of unbranched alkanes of at least 4 members (excludes halogenated alkanes) is 2. The first-order valence-electron chi connectivity index (χ1n) is 22.4. The average Bonchev–Trinajstić information content (AvgIpc) is 4.09. The largest absolute Gasteiger partial charge is 0.472 e. The molecule has 5 aliphatic rings. The second-order valence-electron chi connectivity index (χ2n) is 16.7. The highest BCUT2D eigenvalue weighted by molar-refractivity contribution is 8.00. The molecule has 0 radical (unpaired) electrons. The third-order valence-corrected chi connectivity index (χ3v) is 16.2. The molecule has 5 saturated heterocycles. The SMILES string of the molecule is CCC1OC(n2cc(/C=C/C(=O)NCCN(CCNC(=O)CCCCC3SCC4NC(=O)NC43)CCNC(=O)CCCCC3SCC4NC(=O)NC43)c(=O)[nH]c2=O)CC1OP(=O)(O)OC. The summed E-state index contributed by atoms with van der Waals surface area (Å²) in [6.45, 7) is 4.02. The van der Waals surface area contributed by atoms with Crippen molar-refractivity contribution >= 4 is 67.2 Å². The zero-order chi connectivity index (χ0) is 46.5. The molecule has 1 aromatic rings. The summed E-state index contributed by atoms with van der Waals surface area (Å²) in [5, 5.41) is 21.3. The van der Waals surface area contributed by atoms with Crippen LogP contribution in [0.3, 0.4) is 0 Å². The summed E-state index contributed by atoms with van der Waals surface area (Å²) >= 11 is 3.70. The summed E-state index contributed by atoms with van der Waals surface area (Å²) < 4.78 is 28.9. The number of H-pyrrole nitrogens is 1. The van der Waals surface area contributed by atoms with Crippen molar-refractivity contribution in [1.29, 1.82) is 0 Å². The van der Waals surface area contributed by atoms with Crippen molar-refractivity contribution in [2.24, 2.45) is 0 Å². The van der Waals surface area contributed by atoms with Crippen molar-refractivity contribution < 1.29 is 47.2 Å². The normalized spacial score (nSPS) is 27.7. The van der Waals surface area contributed by atoms with E-state index in [0.717, 1.165) is 67.8 Å². The van der Waals surface area contributed by atoms with E-state index in [0.29, 0.717) is 62.5 Å². The van der Waals surface area contributed by atoms with Crippen LogP contribution in [0.5, 0.6) is 0 Å². The van der Waals surface area contributed by atoms with E-state index in [4.69, 9.17) is 9.26 Å². The van der Waals surface area contributed by atoms with Gasteiger partial charge in [0.2, 0.25) is 17.7 Å². The van der Waals surface area contributed by atoms with E-state index in [9.17, 15) is 43.0 Å². The molecule has 0 aliphatic carbocycles. The number of carbonyl (C=O) groups excluding carboxylic acids is 5. The van der Waals surface area contributed by atoms with Crippen molar-refractivity contribution in [3.05, 3.63) is 38.7 Å². The van der Waals surface area contributed by atoms with E-state index in [2.05, 4.69) is 46.7 Å². The molecule has 65 heavy (non-hydrogen) atoms. The number of carbonyl (C=O) groups is 5. The monoisotopic (exact) mass is 970 g/mol. The van der Waals surface area contributed by atoms with Gasteiger partial charge in [0.25, 0.3) is 5.56 Å². The maximum atomic E-state index is 12.9. The summed E-state index contributed by atoms with van der Waals surface area (Å²) in [6.07, 6.45) is 7.47. The lowest BCUT2D eigenvalue weighted by Crippen LogP contribution is -2.42. The predicted molar refractivity (Wildman–Crippen MR) is 244 cm³/mol. The van der Waals surface area contributed by atoms with Crippen LogP contribution in [0.4, 0.5) is 9.59 Å². The number of ether oxygens (including phenoxy) is 1. The Labute approximate surface area is 385 Å². The molecule has 0 aromatic carbocycles. The molecule has 0 saturated carbocycles. The van der Waals surface area contributed by atoms with Gasteiger partial charge in [-0.05, 0) is 38.2 Å². The summed E-state index contributed by atoms with van der Waals surface area (Å²) in [6, 6.07) is 0.367. The smallest absolute Gasteiger partial charge is 0.355 e. The maximum Gasteiger partial charge on any atom is 0.472 e. The lowest BCUT2D eigenvalue weighted by molar-refractivity contribution is -0.121. The number of aromatic amines is 1. The molecule has 6 heterocycles. The van der Waals surface area contributed by atoms with Gasteiger partial charge >= 0.3 is 25.6 Å². The van der Waals surface area contributed by atoms with E-state index < -0.39 is 43.4 Å². The number of nitrogens with zero attached hydrogens (tertiary/aromatic N) is 2. The lowest BCUT2D eigenvalue weighted by atomic mass is 10.0. The summed E-state index contributed by atoms with van der Waals surface area (Å²) in [7, 11) is -3.30. The van der Waals surface area contributed by atoms with Crippen molar-refractivity contribution in [3.8, 4) is 0 Å². The average molecular weight is 971 g/mol. The maximum absolute atomic E-state index is 12.9. The lowest BCUT2D eigenvalue weighted by Gasteiger charge is -2.23. The van der Waals surface area contributed by atoms with Gasteiger partial charge in [0.15, 0.2) is 0 Å². The van der Waals surface area contributed by atoms with Crippen LogP contribution in [-0.2, 0) is 32.7 Å². The van der Waals surface area contributed by atoms with Crippen molar-refractivity contribution in [2.45, 2.75) is 124 Å². The standard InChI is InChI=1S/C40H63N10O12PS2/c1-3-27-28(62-63(58,59)60-2)20-34(61-27)50-21-24(37(54)48-40(50)57)12-13-33(53)43-16-19-49(17-14-41-31(51)10-6-4-8-29-35-25(22-64-29)44-38(55)46-35)18-15-42-32(52)11-7-5-9-30-36-26(23-65-30)45-39(56)47-36/h12-13,21,25-30,34-36H,3-11,14-20,22-23H2,1-2H3,(H,41,51)(H,42,52)(H,43,53)(H,58,59)(H2,44,46,55)(H2,45,47,56)(H,48,54,57)/b13-12+. The third kappa shape index (κ3) is 14.8. The molecular formula is C40H63N10O12PS2. The molecule has 10 unspecified atom stereocenters. The van der Waals surface area contributed by atoms with Crippen LogP contribution in [-0.4, -0.2) is 154 Å². The van der Waals surface area contributed by atoms with E-state index in [-0.39, 0.29) is 66.6 Å². The van der Waals surface area contributed by atoms with Crippen LogP contribution in [0.2, 0.25) is 0 Å². The molecule has 6 rings (SSSR count). The number of urea groups is 2. The first-order chi connectivity index (χ1) is 31.2. The van der Waals surface area contributed by atoms with Crippen LogP contribution < -0.4 is 48.5 Å². The molecule has 5 fully saturated rings. The second kappa shape index (κ2) is 24.2. The number of thioether (sulfide) groups is 2. The molecule has 10 atom stereocenters.